The highest BCUT2D eigenvalue weighted by Crippen LogP contribution is 2.50. The monoisotopic (exact) mass is 1230 g/mol. The van der Waals surface area contributed by atoms with Crippen molar-refractivity contribution >= 4 is 78.3 Å². The molecule has 10 unspecified atom stereocenters. The van der Waals surface area contributed by atoms with Crippen molar-refractivity contribution in [1.82, 2.24) is 29.9 Å². The van der Waals surface area contributed by atoms with E-state index in [-0.39, 0.29) is 127 Å². The molecular formula is C52H92Cl4N6O14S2. The van der Waals surface area contributed by atoms with Gasteiger partial charge in [-0.3, -0.25) is 9.59 Å². The molecule has 2 saturated heterocycles. The Bertz CT molecular complexity index is 1860. The number of aliphatic hydroxyl groups excluding tert-OH is 2. The molecule has 0 aromatic rings. The Kier molecular flexibility index (Phi) is 28.9. The smallest absolute Gasteiger partial charge is 0.252 e. The lowest BCUT2D eigenvalue weighted by Crippen LogP contribution is -2.53. The Hall–Kier alpha value is -0.480. The number of carbonyl (C=O) groups is 2. The van der Waals surface area contributed by atoms with Crippen LogP contribution < -0.4 is 20.1 Å². The molecule has 4 saturated carbocycles. The number of ether oxygens (including phenoxy) is 6. The van der Waals surface area contributed by atoms with E-state index in [2.05, 4.69) is 44.0 Å². The van der Waals surface area contributed by atoms with E-state index in [0.717, 1.165) is 77.5 Å². The average molecular weight is 1230 g/mol. The number of nitrogens with one attached hydrogen (secondary N) is 4. The quantitative estimate of drug-likeness (QED) is 0.0408. The molecule has 6 N–H and O–H groups in total. The second-order valence-electron chi connectivity index (χ2n) is 22.7. The van der Waals surface area contributed by atoms with E-state index in [1.807, 2.05) is 0 Å². The fraction of sp³-hybridized carbons (Fsp3) is 0.962. The maximum atomic E-state index is 13.1. The third kappa shape index (κ3) is 20.9. The van der Waals surface area contributed by atoms with Gasteiger partial charge in [-0.05, 0) is 138 Å². The third-order valence-corrected chi connectivity index (χ3v) is 22.9. The summed E-state index contributed by atoms with van der Waals surface area (Å²) in [5, 5.41) is 24.8. The normalized spacial score (nSPS) is 33.1. The van der Waals surface area contributed by atoms with Gasteiger partial charge < -0.3 is 59.1 Å². The zero-order valence-electron chi connectivity index (χ0n) is 45.9. The van der Waals surface area contributed by atoms with Gasteiger partial charge in [0.2, 0.25) is 20.0 Å². The minimum atomic E-state index is -3.46. The molecule has 12 atom stereocenters. The van der Waals surface area contributed by atoms with Crippen molar-refractivity contribution in [2.45, 2.75) is 121 Å². The van der Waals surface area contributed by atoms with Gasteiger partial charge in [-0.1, -0.05) is 0 Å². The van der Waals surface area contributed by atoms with Crippen LogP contribution in [0.3, 0.4) is 0 Å². The topological polar surface area (TPSA) is 253 Å². The molecule has 4 aliphatic carbocycles. The molecule has 6 fully saturated rings. The van der Waals surface area contributed by atoms with E-state index < -0.39 is 54.6 Å². The van der Waals surface area contributed by atoms with E-state index in [0.29, 0.717) is 73.0 Å². The van der Waals surface area contributed by atoms with Crippen LogP contribution in [0, 0.1) is 47.3 Å². The van der Waals surface area contributed by atoms with Crippen LogP contribution in [-0.4, -0.2) is 239 Å². The molecule has 454 valence electrons. The van der Waals surface area contributed by atoms with Crippen LogP contribution >= 0.6 is 46.4 Å². The molecule has 78 heavy (non-hydrogen) atoms. The summed E-state index contributed by atoms with van der Waals surface area (Å²) in [7, 11) is -2.61. The number of alkyl halides is 4. The summed E-state index contributed by atoms with van der Waals surface area (Å²) in [6.45, 7) is 7.09. The molecule has 6 rings (SSSR count). The first kappa shape index (κ1) is 66.7. The Morgan fingerprint density at radius 3 is 1.08 bits per heavy atom. The molecule has 2 heterocycles. The highest BCUT2D eigenvalue weighted by molar-refractivity contribution is 7.90. The number of halogens is 4. The summed E-state index contributed by atoms with van der Waals surface area (Å²) in [5.74, 6) is 1.95. The number of aliphatic hydroxyl groups is 2. The third-order valence-electron chi connectivity index (χ3n) is 17.3. The van der Waals surface area contributed by atoms with Crippen LogP contribution in [-0.2, 0) is 58.1 Å². The van der Waals surface area contributed by atoms with E-state index in [4.69, 9.17) is 74.8 Å². The number of rotatable bonds is 33. The predicted octanol–water partition coefficient (Wildman–Crippen LogP) is 2.60. The highest BCUT2D eigenvalue weighted by Gasteiger charge is 2.49. The van der Waals surface area contributed by atoms with Crippen molar-refractivity contribution in [1.29, 1.82) is 0 Å². The van der Waals surface area contributed by atoms with Gasteiger partial charge in [0.05, 0.1) is 89.8 Å². The molecule has 0 radical (unpaired) electrons. The molecule has 0 aromatic carbocycles. The zero-order chi connectivity index (χ0) is 56.2. The first-order valence-electron chi connectivity index (χ1n) is 28.6. The summed E-state index contributed by atoms with van der Waals surface area (Å²) in [6, 6.07) is 0. The summed E-state index contributed by atoms with van der Waals surface area (Å²) in [6.07, 6.45) is 5.84. The second kappa shape index (κ2) is 33.9. The maximum absolute atomic E-state index is 13.1. The van der Waals surface area contributed by atoms with Gasteiger partial charge >= 0.3 is 0 Å². The second-order valence-corrected chi connectivity index (χ2v) is 29.1. The van der Waals surface area contributed by atoms with Crippen molar-refractivity contribution in [3.8, 4) is 0 Å². The van der Waals surface area contributed by atoms with Gasteiger partial charge in [-0.15, -0.1) is 46.4 Å². The minimum Gasteiger partial charge on any atom is -0.380 e. The molecule has 2 aliphatic heterocycles. The first-order chi connectivity index (χ1) is 37.3. The van der Waals surface area contributed by atoms with Crippen LogP contribution in [0.2, 0.25) is 0 Å². The fourth-order valence-corrected chi connectivity index (χ4v) is 18.3. The van der Waals surface area contributed by atoms with Crippen molar-refractivity contribution in [3.05, 3.63) is 0 Å². The van der Waals surface area contributed by atoms with E-state index >= 15 is 0 Å². The minimum absolute atomic E-state index is 0.0192. The summed E-state index contributed by atoms with van der Waals surface area (Å²) in [5.41, 5.74) is 0. The van der Waals surface area contributed by atoms with Crippen molar-refractivity contribution in [2.24, 2.45) is 47.3 Å². The lowest BCUT2D eigenvalue weighted by molar-refractivity contribution is -0.146. The van der Waals surface area contributed by atoms with Crippen LogP contribution in [0.4, 0.5) is 0 Å². The molecule has 2 amide bonds. The number of nitrogens with zero attached hydrogens (tertiary/aromatic N) is 2. The van der Waals surface area contributed by atoms with Gasteiger partial charge in [0.15, 0.2) is 12.2 Å². The lowest BCUT2D eigenvalue weighted by Gasteiger charge is -2.51. The SMILES string of the molecule is CN1CC2C(Cl)CC(Cl)CC2[C@@H](C2CCC(S(=O)(=O)NCCOCCOCCOCCNC(=O)C(O)C(O)C(=O)NCCOCCOCCOCCNS(=O)(=O)C3CCC([C@H]4CN(C)CC5C(Cl)CC(Cl)CC54)CC3)CC2)C1. The van der Waals surface area contributed by atoms with Gasteiger partial charge in [-0.2, -0.15) is 0 Å². The number of sulfonamides is 2. The predicted molar refractivity (Wildman–Crippen MR) is 301 cm³/mol. The van der Waals surface area contributed by atoms with Gasteiger partial charge in [0.25, 0.3) is 11.8 Å². The van der Waals surface area contributed by atoms with Gasteiger partial charge in [0.1, 0.15) is 0 Å². The Labute approximate surface area is 484 Å². The largest absolute Gasteiger partial charge is 0.380 e. The summed E-state index contributed by atoms with van der Waals surface area (Å²) >= 11 is 26.8. The lowest BCUT2D eigenvalue weighted by atomic mass is 9.63. The Morgan fingerprint density at radius 2 is 0.744 bits per heavy atom. The van der Waals surface area contributed by atoms with E-state index in [9.17, 15) is 36.6 Å². The van der Waals surface area contributed by atoms with Crippen molar-refractivity contribution in [3.63, 3.8) is 0 Å². The number of piperidine rings is 2. The zero-order valence-corrected chi connectivity index (χ0v) is 50.5. The standard InChI is InChI=1S/C52H92Cl4N6O14S2/c1-61-31-43(41-27-37(53)29-47(55)45(41)33-61)35-3-7-39(8-4-35)77(67,68)59-13-17-73-21-25-75-23-19-71-15-11-57-51(65)49(63)50(64)52(66)58-12-16-72-20-24-76-26-22-74-18-14-60-78(69,70)40-9-5-36(6-10-40)44-32-62(2)34-46-42(44)28-38(54)30-48(46)56/h35-50,59-60,63-64H,3-34H2,1-2H3,(H,57,65)(H,58,66)/t35?,36?,37?,38?,39?,40?,41?,42?,43-,44-,45?,46?,47?,48?,49?,50?/m1/s1. The number of amides is 2. The summed E-state index contributed by atoms with van der Waals surface area (Å²) < 4.78 is 90.8. The number of hydrogen-bond acceptors (Lipinski definition) is 16. The van der Waals surface area contributed by atoms with Gasteiger partial charge in [-0.25, -0.2) is 26.3 Å². The van der Waals surface area contributed by atoms with Crippen LogP contribution in [0.5, 0.6) is 0 Å². The Morgan fingerprint density at radius 1 is 0.449 bits per heavy atom. The van der Waals surface area contributed by atoms with Crippen molar-refractivity contribution in [2.75, 3.05) is 146 Å². The first-order valence-corrected chi connectivity index (χ1v) is 33.5. The molecule has 0 aromatic heterocycles. The Balaban J connectivity index is 0.675. The van der Waals surface area contributed by atoms with Crippen LogP contribution in [0.15, 0.2) is 0 Å². The van der Waals surface area contributed by atoms with E-state index in [1.165, 1.54) is 0 Å². The van der Waals surface area contributed by atoms with E-state index in [1.54, 1.807) is 0 Å². The van der Waals surface area contributed by atoms with Crippen LogP contribution in [0.25, 0.3) is 0 Å². The maximum Gasteiger partial charge on any atom is 0.252 e. The average Bonchev–Trinajstić information content (AvgIpc) is 3.47. The molecule has 0 bridgehead atoms. The number of likely N-dealkylation sites (tertiary alicyclic amines) is 2. The molecule has 20 nitrogen and oxygen atoms in total. The fourth-order valence-electron chi connectivity index (χ4n) is 13.3. The van der Waals surface area contributed by atoms with Gasteiger partial charge in [0, 0.05) is 73.9 Å². The number of carbonyl (C=O) groups excluding carboxylic acids is 2. The molecule has 0 spiro atoms. The number of hydrogen-bond donors (Lipinski definition) is 6. The molecule has 26 heteroatoms. The van der Waals surface area contributed by atoms with Crippen LogP contribution in [0.1, 0.15) is 77.0 Å². The molecule has 6 aliphatic rings. The summed E-state index contributed by atoms with van der Waals surface area (Å²) in [4.78, 5) is 29.4. The molecular weight excluding hydrogens is 1140 g/mol. The highest BCUT2D eigenvalue weighted by atomic mass is 35.5. The van der Waals surface area contributed by atoms with Crippen molar-refractivity contribution < 1.29 is 65.1 Å². The number of fused-ring (bicyclic) bond motifs is 2.